The number of aromatic nitrogens is 2. The number of nitrogens with one attached hydrogen (secondary N) is 1. The van der Waals surface area contributed by atoms with Crippen LogP contribution >= 0.6 is 11.8 Å². The van der Waals surface area contributed by atoms with Crippen LogP contribution in [-0.4, -0.2) is 42.0 Å². The monoisotopic (exact) mass is 443 g/mol. The zero-order valence-electron chi connectivity index (χ0n) is 16.5. The summed E-state index contributed by atoms with van der Waals surface area (Å²) in [5, 5.41) is 18.3. The Bertz CT molecular complexity index is 1150. The summed E-state index contributed by atoms with van der Waals surface area (Å²) in [6.07, 6.45) is 0. The Hall–Kier alpha value is -2.75. The highest BCUT2D eigenvalue weighted by molar-refractivity contribution is 7.99. The average Bonchev–Trinajstić information content (AvgIpc) is 2.74. The number of nitrogens with zero attached hydrogens (tertiary/aromatic N) is 2. The number of hydrogen-bond acceptors (Lipinski definition) is 6. The fourth-order valence-corrected chi connectivity index (χ4v) is 4.73. The van der Waals surface area contributed by atoms with Gasteiger partial charge in [0, 0.05) is 17.9 Å². The van der Waals surface area contributed by atoms with Gasteiger partial charge >= 0.3 is 5.97 Å². The summed E-state index contributed by atoms with van der Waals surface area (Å²) in [6.45, 7) is 3.52. The minimum atomic E-state index is -3.82. The Morgan fingerprint density at radius 2 is 1.80 bits per heavy atom. The molecule has 0 radical (unpaired) electrons. The summed E-state index contributed by atoms with van der Waals surface area (Å²) in [6, 6.07) is 16.1. The number of rotatable bonds is 8. The number of carboxylic acids is 1. The summed E-state index contributed by atoms with van der Waals surface area (Å²) in [5.41, 5.74) is 2.89. The first-order valence-electron chi connectivity index (χ1n) is 9.14. The normalized spacial score (nSPS) is 11.4. The maximum Gasteiger partial charge on any atom is 0.336 e. The number of aryl methyl sites for hydroxylation is 1. The van der Waals surface area contributed by atoms with Crippen molar-refractivity contribution in [1.29, 1.82) is 0 Å². The first-order valence-corrected chi connectivity index (χ1v) is 11.6. The Balaban J connectivity index is 1.59. The summed E-state index contributed by atoms with van der Waals surface area (Å²) < 4.78 is 27.6. The number of hydrogen-bond donors (Lipinski definition) is 2. The van der Waals surface area contributed by atoms with Crippen LogP contribution in [0, 0.1) is 13.8 Å². The van der Waals surface area contributed by atoms with Crippen molar-refractivity contribution in [1.82, 2.24) is 14.9 Å². The van der Waals surface area contributed by atoms with Gasteiger partial charge in [0.1, 0.15) is 5.03 Å². The van der Waals surface area contributed by atoms with E-state index in [-0.39, 0.29) is 17.0 Å². The fourth-order valence-electron chi connectivity index (χ4n) is 2.78. The van der Waals surface area contributed by atoms with Gasteiger partial charge in [0.25, 0.3) is 0 Å². The molecule has 0 saturated heterocycles. The molecular formula is C21H21N3O4S2. The second kappa shape index (κ2) is 9.38. The Morgan fingerprint density at radius 3 is 2.43 bits per heavy atom. The van der Waals surface area contributed by atoms with Crippen molar-refractivity contribution in [2.24, 2.45) is 0 Å². The van der Waals surface area contributed by atoms with E-state index < -0.39 is 16.0 Å². The van der Waals surface area contributed by atoms with Crippen LogP contribution in [0.4, 0.5) is 0 Å². The van der Waals surface area contributed by atoms with Gasteiger partial charge in [0.2, 0.25) is 10.0 Å². The Labute approximate surface area is 179 Å². The van der Waals surface area contributed by atoms with E-state index in [4.69, 9.17) is 0 Å². The number of aromatic carboxylic acids is 1. The average molecular weight is 444 g/mol. The molecule has 0 atom stereocenters. The van der Waals surface area contributed by atoms with Crippen molar-refractivity contribution in [3.63, 3.8) is 0 Å². The quantitative estimate of drug-likeness (QED) is 0.405. The van der Waals surface area contributed by atoms with Crippen LogP contribution in [0.2, 0.25) is 0 Å². The first kappa shape index (κ1) is 21.9. The molecule has 0 bridgehead atoms. The van der Waals surface area contributed by atoms with Crippen molar-refractivity contribution in [3.05, 3.63) is 71.3 Å². The number of carboxylic acid groups (broad SMARTS) is 1. The van der Waals surface area contributed by atoms with Crippen molar-refractivity contribution in [2.45, 2.75) is 23.8 Å². The van der Waals surface area contributed by atoms with Crippen LogP contribution in [0.5, 0.6) is 0 Å². The molecule has 3 aromatic rings. The highest BCUT2D eigenvalue weighted by Crippen LogP contribution is 2.21. The van der Waals surface area contributed by atoms with E-state index in [9.17, 15) is 18.3 Å². The number of carbonyl (C=O) groups is 1. The largest absolute Gasteiger partial charge is 0.478 e. The van der Waals surface area contributed by atoms with Gasteiger partial charge in [-0.2, -0.15) is 0 Å². The van der Waals surface area contributed by atoms with E-state index in [2.05, 4.69) is 14.9 Å². The van der Waals surface area contributed by atoms with Crippen molar-refractivity contribution < 1.29 is 18.3 Å². The number of thioether (sulfide) groups is 1. The number of benzene rings is 2. The Morgan fingerprint density at radius 1 is 1.07 bits per heavy atom. The molecule has 0 aliphatic heterocycles. The van der Waals surface area contributed by atoms with Crippen LogP contribution in [0.1, 0.15) is 21.5 Å². The highest BCUT2D eigenvalue weighted by atomic mass is 32.2. The summed E-state index contributed by atoms with van der Waals surface area (Å²) in [7, 11) is -3.82. The van der Waals surface area contributed by atoms with E-state index in [1.165, 1.54) is 23.9 Å². The van der Waals surface area contributed by atoms with Gasteiger partial charge < -0.3 is 5.11 Å². The standard InChI is InChI=1S/C21H21N3O4S2/c1-14-12-17(13-18(15(14)2)21(25)26)30(27,28)22-10-11-29-20-9-8-19(23-24-20)16-6-4-3-5-7-16/h3-9,12-13,22H,10-11H2,1-2H3,(H,25,26). The molecule has 3 rings (SSSR count). The maximum absolute atomic E-state index is 12.5. The lowest BCUT2D eigenvalue weighted by molar-refractivity contribution is 0.0695. The van der Waals surface area contributed by atoms with Gasteiger partial charge in [-0.3, -0.25) is 0 Å². The van der Waals surface area contributed by atoms with Crippen LogP contribution < -0.4 is 4.72 Å². The van der Waals surface area contributed by atoms with Gasteiger partial charge in [0.05, 0.1) is 16.2 Å². The van der Waals surface area contributed by atoms with Crippen molar-refractivity contribution in [2.75, 3.05) is 12.3 Å². The molecular weight excluding hydrogens is 422 g/mol. The summed E-state index contributed by atoms with van der Waals surface area (Å²) in [5.74, 6) is -0.699. The lowest BCUT2D eigenvalue weighted by Crippen LogP contribution is -2.26. The third-order valence-electron chi connectivity index (χ3n) is 4.54. The van der Waals surface area contributed by atoms with Crippen LogP contribution in [0.15, 0.2) is 64.5 Å². The maximum atomic E-state index is 12.5. The van der Waals surface area contributed by atoms with E-state index in [0.29, 0.717) is 21.9 Å². The van der Waals surface area contributed by atoms with Crippen molar-refractivity contribution in [3.8, 4) is 11.3 Å². The van der Waals surface area contributed by atoms with E-state index in [1.54, 1.807) is 13.8 Å². The molecule has 0 unspecified atom stereocenters. The summed E-state index contributed by atoms with van der Waals surface area (Å²) in [4.78, 5) is 11.3. The molecule has 0 amide bonds. The third-order valence-corrected chi connectivity index (χ3v) is 6.90. The molecule has 0 spiro atoms. The van der Waals surface area contributed by atoms with E-state index >= 15 is 0 Å². The van der Waals surface area contributed by atoms with Gasteiger partial charge in [-0.15, -0.1) is 22.0 Å². The smallest absolute Gasteiger partial charge is 0.336 e. The van der Waals surface area contributed by atoms with Gasteiger partial charge in [-0.25, -0.2) is 17.9 Å². The molecule has 30 heavy (non-hydrogen) atoms. The van der Waals surface area contributed by atoms with E-state index in [0.717, 1.165) is 11.3 Å². The highest BCUT2D eigenvalue weighted by Gasteiger charge is 2.19. The SMILES string of the molecule is Cc1cc(S(=O)(=O)NCCSc2ccc(-c3ccccc3)nn2)cc(C(=O)O)c1C. The van der Waals surface area contributed by atoms with Gasteiger partial charge in [-0.05, 0) is 49.2 Å². The molecule has 7 nitrogen and oxygen atoms in total. The van der Waals surface area contributed by atoms with Gasteiger partial charge in [0.15, 0.2) is 0 Å². The zero-order chi connectivity index (χ0) is 21.7. The zero-order valence-corrected chi connectivity index (χ0v) is 18.1. The minimum absolute atomic E-state index is 0.0152. The molecule has 0 saturated carbocycles. The molecule has 2 N–H and O–H groups in total. The molecule has 0 aliphatic carbocycles. The third kappa shape index (κ3) is 5.24. The minimum Gasteiger partial charge on any atom is -0.478 e. The second-order valence-electron chi connectivity index (χ2n) is 6.59. The molecule has 1 aromatic heterocycles. The molecule has 156 valence electrons. The summed E-state index contributed by atoms with van der Waals surface area (Å²) >= 11 is 1.38. The lowest BCUT2D eigenvalue weighted by atomic mass is 10.0. The molecule has 9 heteroatoms. The van der Waals surface area contributed by atoms with Gasteiger partial charge in [-0.1, -0.05) is 30.3 Å². The predicted octanol–water partition coefficient (Wildman–Crippen LogP) is 3.53. The van der Waals surface area contributed by atoms with Crippen molar-refractivity contribution >= 4 is 27.8 Å². The van der Waals surface area contributed by atoms with E-state index in [1.807, 2.05) is 42.5 Å². The Kier molecular flexibility index (Phi) is 6.86. The fraction of sp³-hybridized carbons (Fsp3) is 0.190. The van der Waals surface area contributed by atoms with Crippen LogP contribution in [0.25, 0.3) is 11.3 Å². The predicted molar refractivity (Wildman–Crippen MR) is 116 cm³/mol. The lowest BCUT2D eigenvalue weighted by Gasteiger charge is -2.11. The first-order chi connectivity index (χ1) is 14.3. The molecule has 2 aromatic carbocycles. The van der Waals surface area contributed by atoms with Crippen LogP contribution in [-0.2, 0) is 10.0 Å². The second-order valence-corrected chi connectivity index (χ2v) is 9.47. The topological polar surface area (TPSA) is 109 Å². The molecule has 0 aliphatic rings. The number of sulfonamides is 1. The van der Waals surface area contributed by atoms with Crippen LogP contribution in [0.3, 0.4) is 0 Å². The molecule has 0 fully saturated rings. The molecule has 1 heterocycles.